The Balaban J connectivity index is 1.59. The minimum absolute atomic E-state index is 0.759. The average molecular weight is 454 g/mol. The molecule has 6 nitrogen and oxygen atoms in total. The molecule has 1 aliphatic heterocycles. The van der Waals surface area contributed by atoms with E-state index in [0.717, 1.165) is 75.5 Å². The summed E-state index contributed by atoms with van der Waals surface area (Å²) in [6, 6.07) is 8.74. The van der Waals surface area contributed by atoms with Gasteiger partial charge < -0.3 is 10.1 Å². The lowest BCUT2D eigenvalue weighted by Gasteiger charge is -2.26. The van der Waals surface area contributed by atoms with E-state index in [9.17, 15) is 0 Å². The summed E-state index contributed by atoms with van der Waals surface area (Å²) in [6.45, 7) is 16.9. The molecule has 7 heteroatoms. The van der Waals surface area contributed by atoms with Crippen LogP contribution in [0.1, 0.15) is 41.2 Å². The highest BCUT2D eigenvalue weighted by molar-refractivity contribution is 7.18. The number of morpholine rings is 1. The summed E-state index contributed by atoms with van der Waals surface area (Å²) >= 11 is 1.77. The first kappa shape index (κ1) is 23.1. The fourth-order valence-electron chi connectivity index (χ4n) is 4.20. The summed E-state index contributed by atoms with van der Waals surface area (Å²) in [4.78, 5) is 17.1. The average Bonchev–Trinajstić information content (AvgIpc) is 3.10. The third-order valence-electron chi connectivity index (χ3n) is 6.40. The summed E-state index contributed by atoms with van der Waals surface area (Å²) in [5.41, 5.74) is 3.98. The Labute approximate surface area is 195 Å². The van der Waals surface area contributed by atoms with Crippen molar-refractivity contribution in [2.45, 2.75) is 47.3 Å². The second-order valence-electron chi connectivity index (χ2n) is 8.42. The highest BCUT2D eigenvalue weighted by Gasteiger charge is 2.18. The van der Waals surface area contributed by atoms with Gasteiger partial charge in [0.25, 0.3) is 0 Å². The minimum Gasteiger partial charge on any atom is -0.379 e. The Bertz CT molecular complexity index is 1040. The largest absolute Gasteiger partial charge is 0.379 e. The van der Waals surface area contributed by atoms with Gasteiger partial charge in [-0.25, -0.2) is 9.97 Å². The maximum atomic E-state index is 5.50. The van der Waals surface area contributed by atoms with Crippen molar-refractivity contribution in [2.75, 3.05) is 44.7 Å². The van der Waals surface area contributed by atoms with E-state index in [4.69, 9.17) is 14.7 Å². The Morgan fingerprint density at radius 3 is 2.50 bits per heavy atom. The van der Waals surface area contributed by atoms with Gasteiger partial charge >= 0.3 is 0 Å². The van der Waals surface area contributed by atoms with Crippen molar-refractivity contribution in [1.82, 2.24) is 19.8 Å². The number of anilines is 1. The molecular weight excluding hydrogens is 418 g/mol. The molecule has 4 rings (SSSR count). The van der Waals surface area contributed by atoms with E-state index in [1.54, 1.807) is 11.3 Å². The molecule has 3 heterocycles. The molecule has 0 aliphatic carbocycles. The van der Waals surface area contributed by atoms with Crippen molar-refractivity contribution < 1.29 is 4.74 Å². The summed E-state index contributed by atoms with van der Waals surface area (Å²) < 4.78 is 5.50. The lowest BCUT2D eigenvalue weighted by molar-refractivity contribution is 0.0331. The van der Waals surface area contributed by atoms with Crippen LogP contribution < -0.4 is 5.32 Å². The molecule has 1 N–H and O–H groups in total. The van der Waals surface area contributed by atoms with Crippen LogP contribution in [-0.4, -0.2) is 59.2 Å². The van der Waals surface area contributed by atoms with Gasteiger partial charge in [0.2, 0.25) is 0 Å². The van der Waals surface area contributed by atoms with Crippen molar-refractivity contribution in [3.63, 3.8) is 0 Å². The van der Waals surface area contributed by atoms with E-state index in [2.05, 4.69) is 67.1 Å². The molecule has 0 bridgehead atoms. The molecule has 0 unspecified atom stereocenters. The van der Waals surface area contributed by atoms with Crippen LogP contribution in [0.15, 0.2) is 24.3 Å². The molecule has 0 atom stereocenters. The van der Waals surface area contributed by atoms with Crippen molar-refractivity contribution in [1.29, 1.82) is 0 Å². The van der Waals surface area contributed by atoms with Gasteiger partial charge in [-0.2, -0.15) is 0 Å². The molecule has 0 spiro atoms. The summed E-state index contributed by atoms with van der Waals surface area (Å²) in [7, 11) is 0. The SMILES string of the molecule is CCN(CC)Cc1ccccc1CNc1nc(CN2CCOCC2)nc2sc(C)c(C)c12. The quantitative estimate of drug-likeness (QED) is 0.511. The molecule has 1 aliphatic rings. The van der Waals surface area contributed by atoms with Gasteiger partial charge in [-0.15, -0.1) is 11.3 Å². The third kappa shape index (κ3) is 5.29. The standard InChI is InChI=1S/C25H35N5OS/c1-5-29(6-2)16-21-10-8-7-9-20(21)15-26-24-23-18(3)19(4)32-25(23)28-22(27-24)17-30-11-13-31-14-12-30/h7-10H,5-6,11-17H2,1-4H3,(H,26,27,28). The highest BCUT2D eigenvalue weighted by Crippen LogP contribution is 2.33. The van der Waals surface area contributed by atoms with Crippen LogP contribution in [0.3, 0.4) is 0 Å². The third-order valence-corrected chi connectivity index (χ3v) is 7.50. The molecule has 1 saturated heterocycles. The zero-order valence-electron chi connectivity index (χ0n) is 19.8. The highest BCUT2D eigenvalue weighted by atomic mass is 32.1. The number of fused-ring (bicyclic) bond motifs is 1. The molecule has 1 aromatic carbocycles. The number of thiophene rings is 1. The van der Waals surface area contributed by atoms with Crippen LogP contribution in [0.25, 0.3) is 10.2 Å². The van der Waals surface area contributed by atoms with Crippen LogP contribution in [0, 0.1) is 13.8 Å². The summed E-state index contributed by atoms with van der Waals surface area (Å²) in [5.74, 6) is 1.84. The fraction of sp³-hybridized carbons (Fsp3) is 0.520. The number of ether oxygens (including phenoxy) is 1. The number of aromatic nitrogens is 2. The number of hydrogen-bond acceptors (Lipinski definition) is 7. The van der Waals surface area contributed by atoms with Gasteiger partial charge in [0.1, 0.15) is 16.5 Å². The molecule has 3 aromatic rings. The predicted molar refractivity (Wildman–Crippen MR) is 133 cm³/mol. The number of rotatable bonds is 9. The van der Waals surface area contributed by atoms with E-state index < -0.39 is 0 Å². The number of nitrogens with zero attached hydrogens (tertiary/aromatic N) is 4. The molecule has 0 amide bonds. The normalized spacial score (nSPS) is 15.0. The Morgan fingerprint density at radius 1 is 1.06 bits per heavy atom. The van der Waals surface area contributed by atoms with Crippen LogP contribution in [0.2, 0.25) is 0 Å². The minimum atomic E-state index is 0.759. The van der Waals surface area contributed by atoms with E-state index in [1.807, 2.05) is 0 Å². The van der Waals surface area contributed by atoms with Crippen molar-refractivity contribution in [2.24, 2.45) is 0 Å². The number of benzene rings is 1. The Hall–Kier alpha value is -2.06. The van der Waals surface area contributed by atoms with Crippen LogP contribution >= 0.6 is 11.3 Å². The van der Waals surface area contributed by atoms with Crippen LogP contribution in [0.4, 0.5) is 5.82 Å². The monoisotopic (exact) mass is 453 g/mol. The molecular formula is C25H35N5OS. The van der Waals surface area contributed by atoms with Crippen molar-refractivity contribution >= 4 is 27.4 Å². The van der Waals surface area contributed by atoms with E-state index in [0.29, 0.717) is 0 Å². The van der Waals surface area contributed by atoms with Crippen molar-refractivity contribution in [3.05, 3.63) is 51.7 Å². The molecule has 0 radical (unpaired) electrons. The van der Waals surface area contributed by atoms with Gasteiger partial charge in [-0.05, 0) is 43.6 Å². The molecule has 0 saturated carbocycles. The summed E-state index contributed by atoms with van der Waals surface area (Å²) in [5, 5.41) is 4.85. The van der Waals surface area contributed by atoms with Crippen molar-refractivity contribution in [3.8, 4) is 0 Å². The molecule has 32 heavy (non-hydrogen) atoms. The maximum absolute atomic E-state index is 5.50. The first-order valence-corrected chi connectivity index (χ1v) is 12.5. The predicted octanol–water partition coefficient (Wildman–Crippen LogP) is 4.59. The van der Waals surface area contributed by atoms with Gasteiger partial charge in [0, 0.05) is 31.1 Å². The lowest BCUT2D eigenvalue weighted by atomic mass is 10.1. The topological polar surface area (TPSA) is 53.5 Å². The maximum Gasteiger partial charge on any atom is 0.146 e. The first-order chi connectivity index (χ1) is 15.6. The number of nitrogens with one attached hydrogen (secondary N) is 1. The van der Waals surface area contributed by atoms with Gasteiger partial charge in [0.05, 0.1) is 25.1 Å². The van der Waals surface area contributed by atoms with E-state index in [-0.39, 0.29) is 0 Å². The smallest absolute Gasteiger partial charge is 0.146 e. The Kier molecular flexibility index (Phi) is 7.73. The summed E-state index contributed by atoms with van der Waals surface area (Å²) in [6.07, 6.45) is 0. The molecule has 172 valence electrons. The Morgan fingerprint density at radius 2 is 1.78 bits per heavy atom. The second kappa shape index (κ2) is 10.7. The first-order valence-electron chi connectivity index (χ1n) is 11.7. The zero-order chi connectivity index (χ0) is 22.5. The number of hydrogen-bond donors (Lipinski definition) is 1. The van der Waals surface area contributed by atoms with Gasteiger partial charge in [-0.3, -0.25) is 9.80 Å². The van der Waals surface area contributed by atoms with E-state index >= 15 is 0 Å². The van der Waals surface area contributed by atoms with Crippen LogP contribution in [-0.2, 0) is 24.4 Å². The number of aryl methyl sites for hydroxylation is 2. The van der Waals surface area contributed by atoms with Gasteiger partial charge in [-0.1, -0.05) is 38.1 Å². The zero-order valence-corrected chi connectivity index (χ0v) is 20.6. The lowest BCUT2D eigenvalue weighted by Crippen LogP contribution is -2.36. The van der Waals surface area contributed by atoms with E-state index in [1.165, 1.54) is 27.0 Å². The second-order valence-corrected chi connectivity index (χ2v) is 9.63. The molecule has 2 aromatic heterocycles. The molecule has 1 fully saturated rings. The van der Waals surface area contributed by atoms with Crippen LogP contribution in [0.5, 0.6) is 0 Å². The van der Waals surface area contributed by atoms with Gasteiger partial charge in [0.15, 0.2) is 0 Å². The fourth-order valence-corrected chi connectivity index (χ4v) is 5.25.